The van der Waals surface area contributed by atoms with E-state index in [1.165, 1.54) is 0 Å². The highest BCUT2D eigenvalue weighted by Crippen LogP contribution is 2.51. The molecule has 3 atom stereocenters. The molecule has 9 heteroatoms. The first kappa shape index (κ1) is 19.2. The number of ether oxygens (including phenoxy) is 1. The lowest BCUT2D eigenvalue weighted by atomic mass is 9.76. The van der Waals surface area contributed by atoms with Crippen molar-refractivity contribution >= 4 is 22.2 Å². The van der Waals surface area contributed by atoms with Crippen LogP contribution >= 0.6 is 11.3 Å². The number of rotatable bonds is 3. The highest BCUT2D eigenvalue weighted by Gasteiger charge is 2.68. The van der Waals surface area contributed by atoms with Crippen LogP contribution in [0.25, 0.3) is 11.3 Å². The van der Waals surface area contributed by atoms with Crippen LogP contribution in [0.1, 0.15) is 26.2 Å². The predicted molar refractivity (Wildman–Crippen MR) is 102 cm³/mol. The lowest BCUT2D eigenvalue weighted by molar-refractivity contribution is -0.269. The van der Waals surface area contributed by atoms with Gasteiger partial charge in [0.15, 0.2) is 0 Å². The number of methoxy groups -OCH3 is 1. The minimum absolute atomic E-state index is 0.0280. The van der Waals surface area contributed by atoms with Gasteiger partial charge in [-0.3, -0.25) is 0 Å². The van der Waals surface area contributed by atoms with Gasteiger partial charge in [-0.15, -0.1) is 11.3 Å². The highest BCUT2D eigenvalue weighted by atomic mass is 32.1. The van der Waals surface area contributed by atoms with E-state index in [1.807, 2.05) is 6.92 Å². The summed E-state index contributed by atoms with van der Waals surface area (Å²) in [7, 11) is 1.56. The number of fused-ring (bicyclic) bond motifs is 1. The van der Waals surface area contributed by atoms with E-state index in [2.05, 4.69) is 10.1 Å². The molecule has 1 aliphatic heterocycles. The highest BCUT2D eigenvalue weighted by molar-refractivity contribution is 7.14. The molecule has 0 radical (unpaired) electrons. The number of hydrogen-bond donors (Lipinski definition) is 1. The van der Waals surface area contributed by atoms with Gasteiger partial charge in [0.25, 0.3) is 5.72 Å². The first-order chi connectivity index (χ1) is 13.2. The summed E-state index contributed by atoms with van der Waals surface area (Å²) in [4.78, 5) is 4.34. The maximum Gasteiger partial charge on any atom is 0.439 e. The Bertz CT molecular complexity index is 897. The number of benzene rings is 1. The molecule has 150 valence electrons. The molecular weight excluding hydrogens is 391 g/mol. The van der Waals surface area contributed by atoms with Crippen molar-refractivity contribution in [2.24, 2.45) is 16.9 Å². The van der Waals surface area contributed by atoms with Gasteiger partial charge in [0.2, 0.25) is 5.13 Å². The molecule has 0 saturated heterocycles. The van der Waals surface area contributed by atoms with Crippen LogP contribution in [0.5, 0.6) is 5.75 Å². The lowest BCUT2D eigenvalue weighted by Crippen LogP contribution is -2.60. The smallest absolute Gasteiger partial charge is 0.439 e. The molecule has 2 heterocycles. The molecule has 1 aliphatic carbocycles. The van der Waals surface area contributed by atoms with Crippen LogP contribution in [0.4, 0.5) is 18.3 Å². The van der Waals surface area contributed by atoms with Crippen LogP contribution in [0, 0.1) is 11.8 Å². The van der Waals surface area contributed by atoms with Gasteiger partial charge in [-0.2, -0.15) is 23.3 Å². The molecule has 2 aromatic rings. The third-order valence-electron chi connectivity index (χ3n) is 5.45. The van der Waals surface area contributed by atoms with E-state index in [4.69, 9.17) is 4.74 Å². The average Bonchev–Trinajstić information content (AvgIpc) is 3.25. The van der Waals surface area contributed by atoms with E-state index < -0.39 is 17.8 Å². The maximum atomic E-state index is 14.0. The molecule has 0 spiro atoms. The topological polar surface area (TPSA) is 58.0 Å². The van der Waals surface area contributed by atoms with E-state index in [0.29, 0.717) is 28.6 Å². The fourth-order valence-corrected chi connectivity index (χ4v) is 4.69. The fourth-order valence-electron chi connectivity index (χ4n) is 3.86. The zero-order valence-corrected chi connectivity index (χ0v) is 16.2. The van der Waals surface area contributed by atoms with Crippen molar-refractivity contribution in [3.05, 3.63) is 29.6 Å². The summed E-state index contributed by atoms with van der Waals surface area (Å²) in [5, 5.41) is 17.4. The van der Waals surface area contributed by atoms with Crippen molar-refractivity contribution in [1.29, 1.82) is 0 Å². The summed E-state index contributed by atoms with van der Waals surface area (Å²) in [5.41, 5.74) is -1.39. The van der Waals surface area contributed by atoms with E-state index in [1.54, 1.807) is 36.8 Å². The van der Waals surface area contributed by atoms with Gasteiger partial charge in [0.1, 0.15) is 5.75 Å². The number of nitrogens with zero attached hydrogens (tertiary/aromatic N) is 3. The van der Waals surface area contributed by atoms with Crippen molar-refractivity contribution in [2.45, 2.75) is 38.1 Å². The van der Waals surface area contributed by atoms with Gasteiger partial charge in [-0.1, -0.05) is 6.92 Å². The molecule has 1 aromatic heterocycles. The summed E-state index contributed by atoms with van der Waals surface area (Å²) in [6, 6.07) is 7.08. The normalized spacial score (nSPS) is 27.5. The summed E-state index contributed by atoms with van der Waals surface area (Å²) < 4.78 is 47.1. The molecule has 0 unspecified atom stereocenters. The molecular formula is C19H20F3N3O2S. The molecule has 4 rings (SSSR count). The predicted octanol–water partition coefficient (Wildman–Crippen LogP) is 4.68. The standard InChI is InChI=1S/C19H20F3N3O2S/c1-11-3-8-15-14(9-11)18(26,19(20,21)22)25(24-15)17-23-16(10-28-17)12-4-6-13(27-2)7-5-12/h4-7,10-11,14,26H,3,8-9H2,1-2H3/t11-,14-,18-/m0/s1. The summed E-state index contributed by atoms with van der Waals surface area (Å²) >= 11 is 1.03. The number of alkyl halides is 3. The van der Waals surface area contributed by atoms with Crippen LogP contribution < -0.4 is 9.75 Å². The Kier molecular flexibility index (Phi) is 4.62. The Labute approximate surface area is 164 Å². The summed E-state index contributed by atoms with van der Waals surface area (Å²) in [6.45, 7) is 1.90. The third-order valence-corrected chi connectivity index (χ3v) is 6.26. The summed E-state index contributed by atoms with van der Waals surface area (Å²) in [5.74, 6) is -0.289. The number of aromatic nitrogens is 1. The quantitative estimate of drug-likeness (QED) is 0.797. The molecule has 0 amide bonds. The average molecular weight is 411 g/mol. The van der Waals surface area contributed by atoms with Crippen LogP contribution in [0.3, 0.4) is 0 Å². The number of anilines is 1. The SMILES string of the molecule is COc1ccc(-c2csc(N3N=C4CC[C@H](C)C[C@@H]4[C@]3(O)C(F)(F)F)n2)cc1. The van der Waals surface area contributed by atoms with Gasteiger partial charge < -0.3 is 9.84 Å². The van der Waals surface area contributed by atoms with E-state index >= 15 is 0 Å². The molecule has 0 bridgehead atoms. The second-order valence-corrected chi connectivity index (χ2v) is 8.14. The lowest BCUT2D eigenvalue weighted by Gasteiger charge is -2.39. The maximum absolute atomic E-state index is 14.0. The Balaban J connectivity index is 1.71. The van der Waals surface area contributed by atoms with E-state index in [0.717, 1.165) is 23.3 Å². The molecule has 2 aliphatic rings. The van der Waals surface area contributed by atoms with Crippen molar-refractivity contribution in [1.82, 2.24) is 4.98 Å². The van der Waals surface area contributed by atoms with Gasteiger partial charge in [0, 0.05) is 16.7 Å². The number of hydrogen-bond acceptors (Lipinski definition) is 6. The van der Waals surface area contributed by atoms with E-state index in [-0.39, 0.29) is 17.5 Å². The first-order valence-electron chi connectivity index (χ1n) is 9.00. The summed E-state index contributed by atoms with van der Waals surface area (Å²) in [6.07, 6.45) is -3.38. The van der Waals surface area contributed by atoms with Crippen molar-refractivity contribution in [2.75, 3.05) is 12.1 Å². The largest absolute Gasteiger partial charge is 0.497 e. The molecule has 28 heavy (non-hydrogen) atoms. The Morgan fingerprint density at radius 3 is 2.64 bits per heavy atom. The first-order valence-corrected chi connectivity index (χ1v) is 9.88. The molecule has 1 fully saturated rings. The molecule has 1 aromatic carbocycles. The zero-order valence-electron chi connectivity index (χ0n) is 15.4. The van der Waals surface area contributed by atoms with Crippen LogP contribution in [0.2, 0.25) is 0 Å². The van der Waals surface area contributed by atoms with Gasteiger partial charge in [0.05, 0.1) is 18.7 Å². The minimum Gasteiger partial charge on any atom is -0.497 e. The van der Waals surface area contributed by atoms with Gasteiger partial charge in [-0.05, 0) is 49.4 Å². The Morgan fingerprint density at radius 2 is 2.00 bits per heavy atom. The fraction of sp³-hybridized carbons (Fsp3) is 0.474. The number of hydrazone groups is 1. The monoisotopic (exact) mass is 411 g/mol. The van der Waals surface area contributed by atoms with Crippen LogP contribution in [-0.4, -0.2) is 34.8 Å². The van der Waals surface area contributed by atoms with E-state index in [9.17, 15) is 18.3 Å². The molecule has 1 N–H and O–H groups in total. The Hall–Kier alpha value is -2.13. The van der Waals surface area contributed by atoms with Crippen LogP contribution in [-0.2, 0) is 0 Å². The van der Waals surface area contributed by atoms with Gasteiger partial charge >= 0.3 is 6.18 Å². The molecule has 5 nitrogen and oxygen atoms in total. The molecule has 1 saturated carbocycles. The van der Waals surface area contributed by atoms with Gasteiger partial charge in [-0.25, -0.2) is 4.98 Å². The minimum atomic E-state index is -4.86. The second kappa shape index (κ2) is 6.73. The Morgan fingerprint density at radius 1 is 1.29 bits per heavy atom. The third kappa shape index (κ3) is 2.97. The van der Waals surface area contributed by atoms with Crippen LogP contribution in [0.15, 0.2) is 34.7 Å². The zero-order chi connectivity index (χ0) is 20.1. The number of halogens is 3. The number of thiazole rings is 1. The number of aliphatic hydroxyl groups is 1. The van der Waals surface area contributed by atoms with Crippen molar-refractivity contribution in [3.63, 3.8) is 0 Å². The second-order valence-electron chi connectivity index (χ2n) is 7.30. The van der Waals surface area contributed by atoms with Crippen molar-refractivity contribution in [3.8, 4) is 17.0 Å². The van der Waals surface area contributed by atoms with Crippen molar-refractivity contribution < 1.29 is 23.0 Å².